The molecular weight excluding hydrogens is 172 g/mol. The highest BCUT2D eigenvalue weighted by Crippen LogP contribution is 2.01. The van der Waals surface area contributed by atoms with E-state index in [1.807, 2.05) is 12.3 Å². The van der Waals surface area contributed by atoms with E-state index in [1.165, 1.54) is 12.0 Å². The van der Waals surface area contributed by atoms with Crippen molar-refractivity contribution < 1.29 is 0 Å². The first-order chi connectivity index (χ1) is 6.79. The SMILES string of the molecule is CN(C)CCCC=Cc1cccnc1. The van der Waals surface area contributed by atoms with Gasteiger partial charge in [-0.05, 0) is 45.1 Å². The van der Waals surface area contributed by atoms with Gasteiger partial charge in [0.25, 0.3) is 0 Å². The van der Waals surface area contributed by atoms with Gasteiger partial charge in [0, 0.05) is 12.4 Å². The molecule has 0 atom stereocenters. The predicted octanol–water partition coefficient (Wildman–Crippen LogP) is 2.44. The molecule has 0 saturated carbocycles. The van der Waals surface area contributed by atoms with Gasteiger partial charge in [-0.2, -0.15) is 0 Å². The maximum Gasteiger partial charge on any atom is 0.0340 e. The Morgan fingerprint density at radius 3 is 2.93 bits per heavy atom. The number of nitrogens with zero attached hydrogens (tertiary/aromatic N) is 2. The zero-order valence-electron chi connectivity index (χ0n) is 8.98. The number of pyridine rings is 1. The molecule has 1 aromatic heterocycles. The van der Waals surface area contributed by atoms with Crippen molar-refractivity contribution in [2.24, 2.45) is 0 Å². The first-order valence-corrected chi connectivity index (χ1v) is 5.00. The zero-order chi connectivity index (χ0) is 10.2. The van der Waals surface area contributed by atoms with Crippen molar-refractivity contribution >= 4 is 6.08 Å². The standard InChI is InChI=1S/C12H18N2/c1-14(2)10-5-3-4-7-12-8-6-9-13-11-12/h4,6-9,11H,3,5,10H2,1-2H3. The molecule has 1 rings (SSSR count). The fraction of sp³-hybridized carbons (Fsp3) is 0.417. The number of rotatable bonds is 5. The van der Waals surface area contributed by atoms with Crippen LogP contribution in [-0.2, 0) is 0 Å². The van der Waals surface area contributed by atoms with E-state index in [0.29, 0.717) is 0 Å². The third-order valence-electron chi connectivity index (χ3n) is 1.97. The van der Waals surface area contributed by atoms with Gasteiger partial charge >= 0.3 is 0 Å². The van der Waals surface area contributed by atoms with E-state index < -0.39 is 0 Å². The maximum atomic E-state index is 4.05. The van der Waals surface area contributed by atoms with Crippen LogP contribution in [0.15, 0.2) is 30.6 Å². The summed E-state index contributed by atoms with van der Waals surface area (Å²) in [6.45, 7) is 1.15. The molecule has 0 N–H and O–H groups in total. The summed E-state index contributed by atoms with van der Waals surface area (Å²) in [5.41, 5.74) is 1.18. The summed E-state index contributed by atoms with van der Waals surface area (Å²) < 4.78 is 0. The molecule has 0 radical (unpaired) electrons. The lowest BCUT2D eigenvalue weighted by atomic mass is 10.2. The summed E-state index contributed by atoms with van der Waals surface area (Å²) in [7, 11) is 4.20. The van der Waals surface area contributed by atoms with Gasteiger partial charge in [0.1, 0.15) is 0 Å². The molecule has 0 aliphatic rings. The summed E-state index contributed by atoms with van der Waals surface area (Å²) in [5, 5.41) is 0. The maximum absolute atomic E-state index is 4.05. The Balaban J connectivity index is 2.21. The molecule has 0 fully saturated rings. The average molecular weight is 190 g/mol. The van der Waals surface area contributed by atoms with E-state index >= 15 is 0 Å². The second-order valence-electron chi connectivity index (χ2n) is 3.63. The summed E-state index contributed by atoms with van der Waals surface area (Å²) >= 11 is 0. The topological polar surface area (TPSA) is 16.1 Å². The molecule has 0 aliphatic carbocycles. The highest BCUT2D eigenvalue weighted by atomic mass is 15.0. The van der Waals surface area contributed by atoms with Crippen LogP contribution in [0.2, 0.25) is 0 Å². The highest BCUT2D eigenvalue weighted by molar-refractivity contribution is 5.47. The van der Waals surface area contributed by atoms with E-state index in [1.54, 1.807) is 6.20 Å². The van der Waals surface area contributed by atoms with Crippen molar-refractivity contribution in [2.45, 2.75) is 12.8 Å². The minimum absolute atomic E-state index is 1.13. The number of aromatic nitrogens is 1. The first kappa shape index (κ1) is 10.9. The molecule has 2 heteroatoms. The number of allylic oxidation sites excluding steroid dienone is 1. The average Bonchev–Trinajstić information content (AvgIpc) is 2.18. The molecule has 0 unspecified atom stereocenters. The predicted molar refractivity (Wildman–Crippen MR) is 61.1 cm³/mol. The van der Waals surface area contributed by atoms with E-state index in [2.05, 4.69) is 42.2 Å². The molecule has 0 bridgehead atoms. The van der Waals surface area contributed by atoms with Crippen LogP contribution in [0.4, 0.5) is 0 Å². The Morgan fingerprint density at radius 1 is 1.43 bits per heavy atom. The van der Waals surface area contributed by atoms with E-state index in [4.69, 9.17) is 0 Å². The van der Waals surface area contributed by atoms with Gasteiger partial charge in [-0.3, -0.25) is 4.98 Å². The fourth-order valence-corrected chi connectivity index (χ4v) is 1.22. The number of hydrogen-bond donors (Lipinski definition) is 0. The Bertz CT molecular complexity index is 265. The van der Waals surface area contributed by atoms with Crippen LogP contribution in [0.25, 0.3) is 6.08 Å². The van der Waals surface area contributed by atoms with E-state index in [9.17, 15) is 0 Å². The fourth-order valence-electron chi connectivity index (χ4n) is 1.22. The smallest absolute Gasteiger partial charge is 0.0340 e. The van der Waals surface area contributed by atoms with Gasteiger partial charge in [-0.1, -0.05) is 18.2 Å². The molecule has 0 amide bonds. The van der Waals surface area contributed by atoms with Crippen molar-refractivity contribution in [1.82, 2.24) is 9.88 Å². The second kappa shape index (κ2) is 6.33. The Hall–Kier alpha value is -1.15. The molecule has 0 aromatic carbocycles. The van der Waals surface area contributed by atoms with Crippen molar-refractivity contribution in [3.63, 3.8) is 0 Å². The first-order valence-electron chi connectivity index (χ1n) is 5.00. The molecular formula is C12H18N2. The number of hydrogen-bond acceptors (Lipinski definition) is 2. The van der Waals surface area contributed by atoms with Gasteiger partial charge in [-0.15, -0.1) is 0 Å². The lowest BCUT2D eigenvalue weighted by Gasteiger charge is -2.06. The molecule has 14 heavy (non-hydrogen) atoms. The molecule has 0 spiro atoms. The summed E-state index contributed by atoms with van der Waals surface area (Å²) in [5.74, 6) is 0. The van der Waals surface area contributed by atoms with Gasteiger partial charge in [-0.25, -0.2) is 0 Å². The minimum Gasteiger partial charge on any atom is -0.309 e. The molecule has 1 aromatic rings. The highest BCUT2D eigenvalue weighted by Gasteiger charge is 1.88. The largest absolute Gasteiger partial charge is 0.309 e. The second-order valence-corrected chi connectivity index (χ2v) is 3.63. The van der Waals surface area contributed by atoms with E-state index in [0.717, 1.165) is 13.0 Å². The van der Waals surface area contributed by atoms with Gasteiger partial charge in [0.2, 0.25) is 0 Å². The van der Waals surface area contributed by atoms with Gasteiger partial charge in [0.05, 0.1) is 0 Å². The third kappa shape index (κ3) is 4.77. The van der Waals surface area contributed by atoms with Crippen LogP contribution < -0.4 is 0 Å². The monoisotopic (exact) mass is 190 g/mol. The van der Waals surface area contributed by atoms with E-state index in [-0.39, 0.29) is 0 Å². The van der Waals surface area contributed by atoms with Crippen LogP contribution in [0.1, 0.15) is 18.4 Å². The normalized spacial score (nSPS) is 11.4. The van der Waals surface area contributed by atoms with Crippen LogP contribution in [0, 0.1) is 0 Å². The molecule has 2 nitrogen and oxygen atoms in total. The molecule has 0 saturated heterocycles. The summed E-state index contributed by atoms with van der Waals surface area (Å²) in [6, 6.07) is 4.02. The van der Waals surface area contributed by atoms with Crippen LogP contribution in [0.3, 0.4) is 0 Å². The Morgan fingerprint density at radius 2 is 2.29 bits per heavy atom. The van der Waals surface area contributed by atoms with Gasteiger partial charge in [0.15, 0.2) is 0 Å². The van der Waals surface area contributed by atoms with Crippen LogP contribution in [0.5, 0.6) is 0 Å². The zero-order valence-corrected chi connectivity index (χ0v) is 8.98. The lowest BCUT2D eigenvalue weighted by Crippen LogP contribution is -2.12. The summed E-state index contributed by atoms with van der Waals surface area (Å²) in [6.07, 6.45) is 10.4. The number of unbranched alkanes of at least 4 members (excludes halogenated alkanes) is 1. The molecule has 76 valence electrons. The Kier molecular flexibility index (Phi) is 4.94. The lowest BCUT2D eigenvalue weighted by molar-refractivity contribution is 0.402. The Labute approximate surface area is 86.3 Å². The van der Waals surface area contributed by atoms with Crippen LogP contribution in [-0.4, -0.2) is 30.5 Å². The van der Waals surface area contributed by atoms with Crippen molar-refractivity contribution in [1.29, 1.82) is 0 Å². The van der Waals surface area contributed by atoms with Gasteiger partial charge < -0.3 is 4.90 Å². The molecule has 1 heterocycles. The van der Waals surface area contributed by atoms with Crippen LogP contribution >= 0.6 is 0 Å². The third-order valence-corrected chi connectivity index (χ3v) is 1.97. The summed E-state index contributed by atoms with van der Waals surface area (Å²) in [4.78, 5) is 6.26. The van der Waals surface area contributed by atoms with Crippen molar-refractivity contribution in [3.05, 3.63) is 36.2 Å². The van der Waals surface area contributed by atoms with Crippen molar-refractivity contribution in [3.8, 4) is 0 Å². The minimum atomic E-state index is 1.13. The van der Waals surface area contributed by atoms with Crippen molar-refractivity contribution in [2.75, 3.05) is 20.6 Å². The molecule has 0 aliphatic heterocycles. The quantitative estimate of drug-likeness (QED) is 0.663.